The van der Waals surface area contributed by atoms with Gasteiger partial charge in [-0.25, -0.2) is 8.78 Å². The lowest BCUT2D eigenvalue weighted by molar-refractivity contribution is 0.146. The van der Waals surface area contributed by atoms with Gasteiger partial charge in [0, 0.05) is 12.1 Å². The van der Waals surface area contributed by atoms with E-state index in [1.54, 1.807) is 0 Å². The summed E-state index contributed by atoms with van der Waals surface area (Å²) in [5.41, 5.74) is -0.204. The molecular weight excluding hydrogens is 210 g/mol. The second-order valence-corrected chi connectivity index (χ2v) is 3.07. The molecule has 0 saturated heterocycles. The smallest absolute Gasteiger partial charge is 0.282 e. The number of H-pyrrole nitrogens is 1. The second kappa shape index (κ2) is 8.94. The number of hydrogen-bond donors (Lipinski definition) is 1. The molecule has 0 atom stereocenters. The quantitative estimate of drug-likeness (QED) is 0.612. The van der Waals surface area contributed by atoms with Crippen molar-refractivity contribution in [2.24, 2.45) is 0 Å². The van der Waals surface area contributed by atoms with E-state index in [1.807, 2.05) is 0 Å². The molecule has 0 spiro atoms. The van der Waals surface area contributed by atoms with Crippen molar-refractivity contribution < 1.29 is 8.78 Å². The highest BCUT2D eigenvalue weighted by Gasteiger charge is 2.06. The fraction of sp³-hybridized carbons (Fsp3) is 0.667. The van der Waals surface area contributed by atoms with Crippen LogP contribution < -0.4 is 0 Å². The van der Waals surface area contributed by atoms with Gasteiger partial charge in [0.1, 0.15) is 5.69 Å². The van der Waals surface area contributed by atoms with Gasteiger partial charge in [-0.15, -0.1) is 11.6 Å². The number of alkyl halides is 3. The van der Waals surface area contributed by atoms with Gasteiger partial charge in [0.05, 0.1) is 0 Å². The molecule has 1 heterocycles. The predicted octanol–water partition coefficient (Wildman–Crippen LogP) is 3.76. The van der Waals surface area contributed by atoms with E-state index in [9.17, 15) is 8.78 Å². The SMILES string of the molecule is CCCCCCl.FC(F)c1cc[nH]n1. The molecule has 1 aromatic rings. The summed E-state index contributed by atoms with van der Waals surface area (Å²) in [6, 6.07) is 1.24. The third kappa shape index (κ3) is 6.83. The Balaban J connectivity index is 0.000000255. The Morgan fingerprint density at radius 3 is 2.43 bits per heavy atom. The first-order valence-corrected chi connectivity index (χ1v) is 5.09. The molecule has 5 heteroatoms. The van der Waals surface area contributed by atoms with Gasteiger partial charge in [-0.1, -0.05) is 19.8 Å². The van der Waals surface area contributed by atoms with Gasteiger partial charge in [-0.3, -0.25) is 5.10 Å². The van der Waals surface area contributed by atoms with Gasteiger partial charge in [-0.05, 0) is 12.5 Å². The van der Waals surface area contributed by atoms with Crippen LogP contribution >= 0.6 is 11.6 Å². The highest BCUT2D eigenvalue weighted by molar-refractivity contribution is 6.17. The highest BCUT2D eigenvalue weighted by Crippen LogP contribution is 2.13. The Bertz CT molecular complexity index is 199. The topological polar surface area (TPSA) is 28.7 Å². The van der Waals surface area contributed by atoms with Gasteiger partial charge in [0.25, 0.3) is 6.43 Å². The molecule has 0 bridgehead atoms. The molecule has 0 radical (unpaired) electrons. The summed E-state index contributed by atoms with van der Waals surface area (Å²) in [5, 5.41) is 5.52. The Labute approximate surface area is 87.7 Å². The Kier molecular flexibility index (Phi) is 8.53. The zero-order chi connectivity index (χ0) is 10.8. The summed E-state index contributed by atoms with van der Waals surface area (Å²) in [7, 11) is 0. The first-order valence-electron chi connectivity index (χ1n) is 4.56. The van der Waals surface area contributed by atoms with E-state index in [0.29, 0.717) is 0 Å². The molecule has 0 saturated carbocycles. The summed E-state index contributed by atoms with van der Waals surface area (Å²) >= 11 is 5.38. The van der Waals surface area contributed by atoms with Gasteiger partial charge >= 0.3 is 0 Å². The van der Waals surface area contributed by atoms with Crippen LogP contribution in [-0.2, 0) is 0 Å². The number of nitrogens with zero attached hydrogens (tertiary/aromatic N) is 1. The number of halogens is 3. The van der Waals surface area contributed by atoms with Crippen molar-refractivity contribution in [1.82, 2.24) is 10.2 Å². The molecule has 0 aliphatic rings. The largest absolute Gasteiger partial charge is 0.285 e. The Morgan fingerprint density at radius 2 is 2.21 bits per heavy atom. The predicted molar refractivity (Wildman–Crippen MR) is 53.8 cm³/mol. The number of nitrogens with one attached hydrogen (secondary N) is 1. The van der Waals surface area contributed by atoms with Crippen molar-refractivity contribution in [3.8, 4) is 0 Å². The molecule has 1 rings (SSSR count). The molecule has 0 aliphatic carbocycles. The minimum absolute atomic E-state index is 0.204. The van der Waals surface area contributed by atoms with Crippen molar-refractivity contribution in [3.05, 3.63) is 18.0 Å². The third-order valence-corrected chi connectivity index (χ3v) is 1.75. The van der Waals surface area contributed by atoms with Crippen LogP contribution in [0.15, 0.2) is 12.3 Å². The fourth-order valence-electron chi connectivity index (χ4n) is 0.738. The van der Waals surface area contributed by atoms with Crippen molar-refractivity contribution in [3.63, 3.8) is 0 Å². The van der Waals surface area contributed by atoms with Crippen molar-refractivity contribution in [2.75, 3.05) is 5.88 Å². The van der Waals surface area contributed by atoms with E-state index in [1.165, 1.54) is 31.5 Å². The molecule has 1 aromatic heterocycles. The summed E-state index contributed by atoms with van der Waals surface area (Å²) in [4.78, 5) is 0. The van der Waals surface area contributed by atoms with E-state index in [2.05, 4.69) is 17.1 Å². The van der Waals surface area contributed by atoms with Crippen molar-refractivity contribution in [1.29, 1.82) is 0 Å². The van der Waals surface area contributed by atoms with E-state index < -0.39 is 6.43 Å². The van der Waals surface area contributed by atoms with Gasteiger partial charge in [-0.2, -0.15) is 5.10 Å². The Hall–Kier alpha value is -0.640. The maximum atomic E-state index is 11.5. The van der Waals surface area contributed by atoms with Crippen LogP contribution in [0.2, 0.25) is 0 Å². The maximum Gasteiger partial charge on any atom is 0.282 e. The molecule has 14 heavy (non-hydrogen) atoms. The van der Waals surface area contributed by atoms with Gasteiger partial charge in [0.2, 0.25) is 0 Å². The van der Waals surface area contributed by atoms with Gasteiger partial charge < -0.3 is 0 Å². The van der Waals surface area contributed by atoms with E-state index in [0.717, 1.165) is 5.88 Å². The zero-order valence-corrected chi connectivity index (χ0v) is 8.90. The van der Waals surface area contributed by atoms with Crippen LogP contribution in [-0.4, -0.2) is 16.1 Å². The average Bonchev–Trinajstić information content (AvgIpc) is 2.68. The molecule has 2 nitrogen and oxygen atoms in total. The zero-order valence-electron chi connectivity index (χ0n) is 8.14. The highest BCUT2D eigenvalue weighted by atomic mass is 35.5. The number of unbranched alkanes of at least 4 members (excludes halogenated alkanes) is 2. The van der Waals surface area contributed by atoms with E-state index in [4.69, 9.17) is 11.6 Å². The van der Waals surface area contributed by atoms with E-state index in [-0.39, 0.29) is 5.69 Å². The summed E-state index contributed by atoms with van der Waals surface area (Å²) < 4.78 is 23.0. The number of aromatic amines is 1. The fourth-order valence-corrected chi connectivity index (χ4v) is 0.927. The average molecular weight is 225 g/mol. The molecular formula is C9H15ClF2N2. The third-order valence-electron chi connectivity index (χ3n) is 1.48. The number of hydrogen-bond acceptors (Lipinski definition) is 1. The van der Waals surface area contributed by atoms with E-state index >= 15 is 0 Å². The first-order chi connectivity index (χ1) is 6.72. The van der Waals surface area contributed by atoms with Crippen LogP contribution in [0, 0.1) is 0 Å². The van der Waals surface area contributed by atoms with Gasteiger partial charge in [0.15, 0.2) is 0 Å². The molecule has 0 aromatic carbocycles. The first kappa shape index (κ1) is 13.4. The summed E-state index contributed by atoms with van der Waals surface area (Å²) in [5.74, 6) is 0.827. The summed E-state index contributed by atoms with van der Waals surface area (Å²) in [6.45, 7) is 2.17. The molecule has 0 fully saturated rings. The minimum Gasteiger partial charge on any atom is -0.285 e. The van der Waals surface area contributed by atoms with Crippen molar-refractivity contribution in [2.45, 2.75) is 32.6 Å². The second-order valence-electron chi connectivity index (χ2n) is 2.70. The lowest BCUT2D eigenvalue weighted by Crippen LogP contribution is -1.81. The maximum absolute atomic E-state index is 11.5. The molecule has 1 N–H and O–H groups in total. The van der Waals surface area contributed by atoms with Crippen LogP contribution in [0.5, 0.6) is 0 Å². The van der Waals surface area contributed by atoms with Crippen LogP contribution in [0.4, 0.5) is 8.78 Å². The lowest BCUT2D eigenvalue weighted by atomic mass is 10.3. The number of rotatable bonds is 4. The lowest BCUT2D eigenvalue weighted by Gasteiger charge is -1.85. The minimum atomic E-state index is -2.46. The molecule has 82 valence electrons. The van der Waals surface area contributed by atoms with Crippen LogP contribution in [0.25, 0.3) is 0 Å². The molecule has 0 aliphatic heterocycles. The Morgan fingerprint density at radius 1 is 1.50 bits per heavy atom. The normalized spacial score (nSPS) is 9.79. The molecule has 0 amide bonds. The van der Waals surface area contributed by atoms with Crippen LogP contribution in [0.1, 0.15) is 38.3 Å². The molecule has 0 unspecified atom stereocenters. The number of aromatic nitrogens is 2. The standard InChI is InChI=1S/C5H11Cl.C4H4F2N2/c1-2-3-4-5-6;5-4(6)3-1-2-7-8-3/h2-5H2,1H3;1-2,4H,(H,7,8). The van der Waals surface area contributed by atoms with Crippen LogP contribution in [0.3, 0.4) is 0 Å². The monoisotopic (exact) mass is 224 g/mol. The summed E-state index contributed by atoms with van der Waals surface area (Å²) in [6.07, 6.45) is 2.64. The van der Waals surface area contributed by atoms with Crippen molar-refractivity contribution >= 4 is 11.6 Å².